The van der Waals surface area contributed by atoms with Crippen molar-refractivity contribution in [2.45, 2.75) is 6.92 Å². The fourth-order valence-electron chi connectivity index (χ4n) is 2.65. The molecule has 142 valence electrons. The molecule has 2 aromatic carbocycles. The molecule has 2 aromatic rings. The van der Waals surface area contributed by atoms with Crippen LogP contribution in [0.5, 0.6) is 11.5 Å². The highest BCUT2D eigenvalue weighted by molar-refractivity contribution is 6.42. The summed E-state index contributed by atoms with van der Waals surface area (Å²) >= 11 is 12.0. The van der Waals surface area contributed by atoms with E-state index in [-0.39, 0.29) is 12.5 Å². The fraction of sp³-hybridized carbons (Fsp3) is 0.150. The summed E-state index contributed by atoms with van der Waals surface area (Å²) in [5, 5.41) is 15.1. The second kappa shape index (κ2) is 8.34. The highest BCUT2D eigenvalue weighted by atomic mass is 35.5. The van der Waals surface area contributed by atoms with Crippen molar-refractivity contribution in [3.05, 3.63) is 57.6 Å². The summed E-state index contributed by atoms with van der Waals surface area (Å²) in [5.41, 5.74) is 2.23. The number of hydrogen-bond donors (Lipinski definition) is 0. The predicted octanol–water partition coefficient (Wildman–Crippen LogP) is 4.71. The highest BCUT2D eigenvalue weighted by Gasteiger charge is 2.29. The Bertz CT molecular complexity index is 1040. The van der Waals surface area contributed by atoms with Crippen molar-refractivity contribution < 1.29 is 14.3 Å². The minimum Gasteiger partial charge on any atom is -0.493 e. The number of methoxy groups -OCH3 is 1. The summed E-state index contributed by atoms with van der Waals surface area (Å²) in [6, 6.07) is 12.0. The number of amides is 1. The Morgan fingerprint density at radius 3 is 2.64 bits per heavy atom. The fourth-order valence-corrected chi connectivity index (χ4v) is 2.94. The summed E-state index contributed by atoms with van der Waals surface area (Å²) in [7, 11) is 1.51. The normalized spacial score (nSPS) is 14.8. The van der Waals surface area contributed by atoms with Crippen LogP contribution in [0.15, 0.2) is 47.1 Å². The molecule has 0 radical (unpaired) electrons. The lowest BCUT2D eigenvalue weighted by atomic mass is 10.1. The van der Waals surface area contributed by atoms with Gasteiger partial charge in [-0.1, -0.05) is 29.3 Å². The van der Waals surface area contributed by atoms with E-state index in [1.54, 1.807) is 49.4 Å². The predicted molar refractivity (Wildman–Crippen MR) is 109 cm³/mol. The first-order valence-corrected chi connectivity index (χ1v) is 8.94. The zero-order valence-corrected chi connectivity index (χ0v) is 16.6. The molecular formula is C20H15Cl2N3O3. The maximum Gasteiger partial charge on any atom is 0.280 e. The quantitative estimate of drug-likeness (QED) is 0.662. The van der Waals surface area contributed by atoms with Crippen LogP contribution in [0.4, 0.5) is 5.69 Å². The van der Waals surface area contributed by atoms with Gasteiger partial charge in [0.1, 0.15) is 6.07 Å². The molecule has 1 amide bonds. The molecule has 0 aliphatic carbocycles. The van der Waals surface area contributed by atoms with Gasteiger partial charge in [-0.05, 0) is 48.9 Å². The molecule has 0 saturated heterocycles. The number of nitrogens with zero attached hydrogens (tertiary/aromatic N) is 3. The molecule has 0 spiro atoms. The number of rotatable bonds is 5. The second-order valence-corrected chi connectivity index (χ2v) is 6.63. The second-order valence-electron chi connectivity index (χ2n) is 5.82. The van der Waals surface area contributed by atoms with E-state index in [1.807, 2.05) is 6.07 Å². The van der Waals surface area contributed by atoms with Crippen LogP contribution in [-0.4, -0.2) is 25.3 Å². The smallest absolute Gasteiger partial charge is 0.280 e. The molecule has 1 heterocycles. The van der Waals surface area contributed by atoms with Gasteiger partial charge in [-0.15, -0.1) is 0 Å². The zero-order chi connectivity index (χ0) is 20.3. The van der Waals surface area contributed by atoms with Crippen molar-refractivity contribution in [1.29, 1.82) is 5.26 Å². The van der Waals surface area contributed by atoms with Gasteiger partial charge < -0.3 is 9.47 Å². The lowest BCUT2D eigenvalue weighted by Gasteiger charge is -2.12. The maximum atomic E-state index is 12.9. The molecule has 0 unspecified atom stereocenters. The maximum absolute atomic E-state index is 12.9. The Morgan fingerprint density at radius 1 is 1.18 bits per heavy atom. The Kier molecular flexibility index (Phi) is 5.88. The van der Waals surface area contributed by atoms with E-state index in [1.165, 1.54) is 12.1 Å². The van der Waals surface area contributed by atoms with E-state index < -0.39 is 0 Å². The van der Waals surface area contributed by atoms with Crippen LogP contribution in [0.2, 0.25) is 10.0 Å². The van der Waals surface area contributed by atoms with Gasteiger partial charge in [0.2, 0.25) is 0 Å². The van der Waals surface area contributed by atoms with Crippen LogP contribution < -0.4 is 14.5 Å². The molecule has 0 fully saturated rings. The third kappa shape index (κ3) is 3.96. The Morgan fingerprint density at radius 2 is 1.96 bits per heavy atom. The van der Waals surface area contributed by atoms with Gasteiger partial charge >= 0.3 is 0 Å². The van der Waals surface area contributed by atoms with E-state index in [9.17, 15) is 4.79 Å². The van der Waals surface area contributed by atoms with E-state index in [0.29, 0.717) is 44.1 Å². The average Bonchev–Trinajstić information content (AvgIpc) is 2.97. The first kappa shape index (κ1) is 19.7. The lowest BCUT2D eigenvalue weighted by molar-refractivity contribution is -0.114. The third-order valence-corrected chi connectivity index (χ3v) is 4.74. The van der Waals surface area contributed by atoms with Gasteiger partial charge in [-0.2, -0.15) is 15.4 Å². The van der Waals surface area contributed by atoms with E-state index >= 15 is 0 Å². The number of halogens is 2. The summed E-state index contributed by atoms with van der Waals surface area (Å²) in [5.74, 6) is 0.629. The largest absolute Gasteiger partial charge is 0.493 e. The van der Waals surface area contributed by atoms with Gasteiger partial charge in [0.25, 0.3) is 5.91 Å². The lowest BCUT2D eigenvalue weighted by Crippen LogP contribution is -2.21. The monoisotopic (exact) mass is 415 g/mol. The molecule has 1 aliphatic heterocycles. The van der Waals surface area contributed by atoms with Gasteiger partial charge in [0.05, 0.1) is 34.1 Å². The summed E-state index contributed by atoms with van der Waals surface area (Å²) in [4.78, 5) is 12.9. The minimum absolute atomic E-state index is 0.110. The number of anilines is 1. The Hall–Kier alpha value is -3.01. The molecule has 6 nitrogen and oxygen atoms in total. The highest BCUT2D eigenvalue weighted by Crippen LogP contribution is 2.32. The molecule has 0 atom stereocenters. The van der Waals surface area contributed by atoms with Crippen molar-refractivity contribution in [1.82, 2.24) is 0 Å². The zero-order valence-electron chi connectivity index (χ0n) is 15.1. The number of carbonyl (C=O) groups excluding carboxylic acids is 1. The van der Waals surface area contributed by atoms with Crippen LogP contribution in [0, 0.1) is 11.3 Å². The van der Waals surface area contributed by atoms with Crippen LogP contribution in [0.25, 0.3) is 6.08 Å². The van der Waals surface area contributed by atoms with E-state index in [2.05, 4.69) is 5.10 Å². The molecular weight excluding hydrogens is 401 g/mol. The van der Waals surface area contributed by atoms with Crippen molar-refractivity contribution in [2.24, 2.45) is 5.10 Å². The Labute approximate surface area is 172 Å². The first-order chi connectivity index (χ1) is 13.4. The van der Waals surface area contributed by atoms with E-state index in [0.717, 1.165) is 0 Å². The standard InChI is InChI=1S/C20H15Cl2N3O3/c1-12-15(9-13-3-6-18(27-2)19(10-13)28-8-7-23)20(26)25(24-12)14-4-5-16(21)17(22)11-14/h3-6,9-11H,8H2,1-2H3/b15-9+. The summed E-state index contributed by atoms with van der Waals surface area (Å²) in [6.45, 7) is 1.64. The topological polar surface area (TPSA) is 74.9 Å². The number of hydrogen-bond acceptors (Lipinski definition) is 5. The van der Waals surface area contributed by atoms with Gasteiger partial charge in [0, 0.05) is 0 Å². The van der Waals surface area contributed by atoms with Crippen molar-refractivity contribution in [3.8, 4) is 17.6 Å². The molecule has 0 aromatic heterocycles. The SMILES string of the molecule is COc1ccc(/C=C2/C(=O)N(c3ccc(Cl)c(Cl)c3)N=C2C)cc1OCC#N. The van der Waals surface area contributed by atoms with Gasteiger partial charge in [-0.3, -0.25) is 4.79 Å². The summed E-state index contributed by atoms with van der Waals surface area (Å²) in [6.07, 6.45) is 1.71. The molecule has 0 saturated carbocycles. The molecule has 0 N–H and O–H groups in total. The average molecular weight is 416 g/mol. The number of hydrazone groups is 1. The molecule has 28 heavy (non-hydrogen) atoms. The third-order valence-electron chi connectivity index (χ3n) is 4.00. The number of nitriles is 1. The van der Waals surface area contributed by atoms with Crippen molar-refractivity contribution in [3.63, 3.8) is 0 Å². The number of benzene rings is 2. The van der Waals surface area contributed by atoms with Crippen LogP contribution in [-0.2, 0) is 4.79 Å². The van der Waals surface area contributed by atoms with E-state index in [4.69, 9.17) is 37.9 Å². The molecule has 0 bridgehead atoms. The number of carbonyl (C=O) groups is 1. The molecule has 8 heteroatoms. The van der Waals surface area contributed by atoms with Crippen LogP contribution in [0.1, 0.15) is 12.5 Å². The van der Waals surface area contributed by atoms with Gasteiger partial charge in [0.15, 0.2) is 18.1 Å². The minimum atomic E-state index is -0.286. The number of ether oxygens (including phenoxy) is 2. The van der Waals surface area contributed by atoms with Crippen molar-refractivity contribution >= 4 is 46.6 Å². The first-order valence-electron chi connectivity index (χ1n) is 8.19. The van der Waals surface area contributed by atoms with Crippen LogP contribution >= 0.6 is 23.2 Å². The Balaban J connectivity index is 1.93. The summed E-state index contributed by atoms with van der Waals surface area (Å²) < 4.78 is 10.6. The molecule has 1 aliphatic rings. The molecule has 3 rings (SSSR count). The van der Waals surface area contributed by atoms with Crippen LogP contribution in [0.3, 0.4) is 0 Å². The van der Waals surface area contributed by atoms with Crippen molar-refractivity contribution in [2.75, 3.05) is 18.7 Å². The van der Waals surface area contributed by atoms with Gasteiger partial charge in [-0.25, -0.2) is 0 Å².